The summed E-state index contributed by atoms with van der Waals surface area (Å²) >= 11 is 0. The van der Waals surface area contributed by atoms with Gasteiger partial charge in [0.15, 0.2) is 0 Å². The molecular weight excluding hydrogens is 218 g/mol. The minimum atomic E-state index is -0.314. The molecule has 0 radical (unpaired) electrons. The lowest BCUT2D eigenvalue weighted by atomic mass is 10.2. The lowest BCUT2D eigenvalue weighted by Gasteiger charge is -2.14. The van der Waals surface area contributed by atoms with Crippen LogP contribution in [-0.4, -0.2) is 32.8 Å². The summed E-state index contributed by atoms with van der Waals surface area (Å²) in [5, 5.41) is 2.89. The molecule has 4 nitrogen and oxygen atoms in total. The Balaban J connectivity index is 2.36. The van der Waals surface area contributed by atoms with Gasteiger partial charge < -0.3 is 14.8 Å². The van der Waals surface area contributed by atoms with Crippen LogP contribution in [0, 0.1) is 6.92 Å². The number of nitrogens with one attached hydrogen (secondary N) is 1. The van der Waals surface area contributed by atoms with Crippen molar-refractivity contribution >= 4 is 5.97 Å². The Morgan fingerprint density at radius 2 is 2.00 bits per heavy atom. The van der Waals surface area contributed by atoms with E-state index in [1.165, 1.54) is 12.7 Å². The van der Waals surface area contributed by atoms with Crippen molar-refractivity contribution in [3.05, 3.63) is 29.8 Å². The monoisotopic (exact) mass is 237 g/mol. The van der Waals surface area contributed by atoms with Crippen molar-refractivity contribution in [3.8, 4) is 5.75 Å². The molecule has 1 unspecified atom stereocenters. The molecule has 0 aromatic heterocycles. The number of carbonyl (C=O) groups is 1. The zero-order chi connectivity index (χ0) is 12.7. The summed E-state index contributed by atoms with van der Waals surface area (Å²) in [6.07, 6.45) is 0.580. The highest BCUT2D eigenvalue weighted by Gasteiger charge is 2.16. The molecule has 0 saturated heterocycles. The van der Waals surface area contributed by atoms with Gasteiger partial charge in [-0.05, 0) is 26.1 Å². The van der Waals surface area contributed by atoms with E-state index in [1.54, 1.807) is 7.05 Å². The molecule has 1 rings (SSSR count). The molecule has 1 aromatic rings. The Hall–Kier alpha value is -1.55. The summed E-state index contributed by atoms with van der Waals surface area (Å²) in [6, 6.07) is 7.51. The lowest BCUT2D eigenvalue weighted by Crippen LogP contribution is -2.36. The van der Waals surface area contributed by atoms with E-state index >= 15 is 0 Å². The van der Waals surface area contributed by atoms with Gasteiger partial charge in [0.25, 0.3) is 0 Å². The Kier molecular flexibility index (Phi) is 5.49. The van der Waals surface area contributed by atoms with Crippen LogP contribution >= 0.6 is 0 Å². The van der Waals surface area contributed by atoms with Gasteiger partial charge in [-0.3, -0.25) is 4.79 Å². The first-order valence-corrected chi connectivity index (χ1v) is 5.62. The van der Waals surface area contributed by atoms with Gasteiger partial charge in [-0.2, -0.15) is 0 Å². The molecule has 0 heterocycles. The van der Waals surface area contributed by atoms with Gasteiger partial charge in [-0.15, -0.1) is 0 Å². The van der Waals surface area contributed by atoms with Crippen molar-refractivity contribution in [3.63, 3.8) is 0 Å². The van der Waals surface area contributed by atoms with Crippen LogP contribution in [-0.2, 0) is 9.53 Å². The number of ether oxygens (including phenoxy) is 2. The van der Waals surface area contributed by atoms with Crippen molar-refractivity contribution in [2.45, 2.75) is 19.4 Å². The number of likely N-dealkylation sites (N-methyl/N-ethyl adjacent to an activating group) is 1. The van der Waals surface area contributed by atoms with Crippen LogP contribution in [0.25, 0.3) is 0 Å². The first kappa shape index (κ1) is 13.5. The van der Waals surface area contributed by atoms with Crippen molar-refractivity contribution in [2.24, 2.45) is 0 Å². The summed E-state index contributed by atoms with van der Waals surface area (Å²) in [4.78, 5) is 11.3. The Bertz CT molecular complexity index is 348. The number of esters is 1. The van der Waals surface area contributed by atoms with E-state index in [1.807, 2.05) is 31.2 Å². The molecule has 0 aliphatic rings. The fourth-order valence-corrected chi connectivity index (χ4v) is 1.45. The minimum Gasteiger partial charge on any atom is -0.494 e. The van der Waals surface area contributed by atoms with Gasteiger partial charge in [-0.1, -0.05) is 17.7 Å². The van der Waals surface area contributed by atoms with Crippen LogP contribution in [0.1, 0.15) is 12.0 Å². The van der Waals surface area contributed by atoms with Crippen molar-refractivity contribution in [1.29, 1.82) is 0 Å². The maximum Gasteiger partial charge on any atom is 0.322 e. The number of benzene rings is 1. The fourth-order valence-electron chi connectivity index (χ4n) is 1.45. The maximum atomic E-state index is 11.3. The van der Waals surface area contributed by atoms with Gasteiger partial charge in [0.1, 0.15) is 11.8 Å². The van der Waals surface area contributed by atoms with Gasteiger partial charge in [0.05, 0.1) is 13.7 Å². The van der Waals surface area contributed by atoms with E-state index in [0.717, 1.165) is 5.75 Å². The zero-order valence-corrected chi connectivity index (χ0v) is 10.5. The predicted octanol–water partition coefficient (Wildman–Crippen LogP) is 1.52. The number of rotatable bonds is 6. The molecule has 0 aliphatic heterocycles. The van der Waals surface area contributed by atoms with Crippen molar-refractivity contribution in [1.82, 2.24) is 5.32 Å². The molecule has 1 atom stereocenters. The molecular formula is C13H19NO3. The predicted molar refractivity (Wildman–Crippen MR) is 66.2 cm³/mol. The van der Waals surface area contributed by atoms with E-state index in [-0.39, 0.29) is 12.0 Å². The highest BCUT2D eigenvalue weighted by atomic mass is 16.5. The van der Waals surface area contributed by atoms with Crippen molar-refractivity contribution in [2.75, 3.05) is 20.8 Å². The SMILES string of the molecule is CNC(CCOc1ccc(C)cc1)C(=O)OC. The fraction of sp³-hybridized carbons (Fsp3) is 0.462. The molecule has 4 heteroatoms. The summed E-state index contributed by atoms with van der Waals surface area (Å²) in [5.41, 5.74) is 1.19. The van der Waals surface area contributed by atoms with Crippen LogP contribution in [0.3, 0.4) is 0 Å². The van der Waals surface area contributed by atoms with Gasteiger partial charge in [0, 0.05) is 6.42 Å². The molecule has 0 saturated carbocycles. The molecule has 1 aromatic carbocycles. The molecule has 0 spiro atoms. The Labute approximate surface area is 102 Å². The van der Waals surface area contributed by atoms with E-state index in [2.05, 4.69) is 10.1 Å². The number of methoxy groups -OCH3 is 1. The zero-order valence-electron chi connectivity index (χ0n) is 10.5. The molecule has 0 amide bonds. The number of hydrogen-bond donors (Lipinski definition) is 1. The Morgan fingerprint density at radius 3 is 2.53 bits per heavy atom. The molecule has 0 aliphatic carbocycles. The van der Waals surface area contributed by atoms with Crippen LogP contribution in [0.4, 0.5) is 0 Å². The van der Waals surface area contributed by atoms with Gasteiger partial charge >= 0.3 is 5.97 Å². The summed E-state index contributed by atoms with van der Waals surface area (Å²) in [6.45, 7) is 2.50. The normalized spacial score (nSPS) is 11.9. The minimum absolute atomic E-state index is 0.264. The summed E-state index contributed by atoms with van der Waals surface area (Å²) in [5.74, 6) is 0.551. The van der Waals surface area contributed by atoms with Crippen molar-refractivity contribution < 1.29 is 14.3 Å². The second-order valence-corrected chi connectivity index (χ2v) is 3.81. The lowest BCUT2D eigenvalue weighted by molar-refractivity contribution is -0.143. The number of aryl methyl sites for hydroxylation is 1. The maximum absolute atomic E-state index is 11.3. The van der Waals surface area contributed by atoms with Crippen LogP contribution in [0.5, 0.6) is 5.75 Å². The molecule has 1 N–H and O–H groups in total. The smallest absolute Gasteiger partial charge is 0.322 e. The molecule has 0 fully saturated rings. The standard InChI is InChI=1S/C13H19NO3/c1-10-4-6-11(7-5-10)17-9-8-12(14-2)13(15)16-3/h4-7,12,14H,8-9H2,1-3H3. The number of carbonyl (C=O) groups excluding carboxylic acids is 1. The first-order chi connectivity index (χ1) is 8.17. The third-order valence-corrected chi connectivity index (χ3v) is 2.53. The largest absolute Gasteiger partial charge is 0.494 e. The summed E-state index contributed by atoms with van der Waals surface area (Å²) < 4.78 is 10.2. The van der Waals surface area contributed by atoms with Crippen LogP contribution in [0.2, 0.25) is 0 Å². The van der Waals surface area contributed by atoms with E-state index in [9.17, 15) is 4.79 Å². The third-order valence-electron chi connectivity index (χ3n) is 2.53. The highest BCUT2D eigenvalue weighted by Crippen LogP contribution is 2.11. The van der Waals surface area contributed by atoms with Gasteiger partial charge in [0.2, 0.25) is 0 Å². The first-order valence-electron chi connectivity index (χ1n) is 5.62. The topological polar surface area (TPSA) is 47.6 Å². The second kappa shape index (κ2) is 6.91. The van der Waals surface area contributed by atoms with Gasteiger partial charge in [-0.25, -0.2) is 0 Å². The molecule has 17 heavy (non-hydrogen) atoms. The van der Waals surface area contributed by atoms with Crippen LogP contribution < -0.4 is 10.1 Å². The second-order valence-electron chi connectivity index (χ2n) is 3.81. The Morgan fingerprint density at radius 1 is 1.35 bits per heavy atom. The van der Waals surface area contributed by atoms with E-state index < -0.39 is 0 Å². The van der Waals surface area contributed by atoms with Crippen LogP contribution in [0.15, 0.2) is 24.3 Å². The molecule has 94 valence electrons. The molecule has 0 bridgehead atoms. The van der Waals surface area contributed by atoms with E-state index in [0.29, 0.717) is 13.0 Å². The highest BCUT2D eigenvalue weighted by molar-refractivity contribution is 5.75. The summed E-state index contributed by atoms with van der Waals surface area (Å²) in [7, 11) is 3.11. The quantitative estimate of drug-likeness (QED) is 0.762. The van der Waals surface area contributed by atoms with E-state index in [4.69, 9.17) is 4.74 Å². The average Bonchev–Trinajstić information content (AvgIpc) is 2.36. The third kappa shape index (κ3) is 4.44. The average molecular weight is 237 g/mol. The number of hydrogen-bond acceptors (Lipinski definition) is 4.